The molecule has 4 rings (SSSR count). The van der Waals surface area contributed by atoms with E-state index in [1.807, 2.05) is 74.5 Å². The van der Waals surface area contributed by atoms with Crippen molar-refractivity contribution < 1.29 is 9.59 Å². The molecule has 0 saturated heterocycles. The van der Waals surface area contributed by atoms with Gasteiger partial charge < -0.3 is 10.2 Å². The van der Waals surface area contributed by atoms with Crippen LogP contribution in [0.15, 0.2) is 84.9 Å². The minimum absolute atomic E-state index is 0.0742. The van der Waals surface area contributed by atoms with Crippen LogP contribution in [0.4, 0.5) is 11.4 Å². The largest absolute Gasteiger partial charge is 0.322 e. The van der Waals surface area contributed by atoms with Gasteiger partial charge in [-0.2, -0.15) is 0 Å². The Morgan fingerprint density at radius 1 is 0.875 bits per heavy atom. The zero-order valence-electron chi connectivity index (χ0n) is 17.9. The van der Waals surface area contributed by atoms with E-state index in [2.05, 4.69) is 27.9 Å². The molecule has 160 valence electrons. The molecule has 0 atom stereocenters. The lowest BCUT2D eigenvalue weighted by Gasteiger charge is -2.23. The molecule has 5 heteroatoms. The molecule has 2 amide bonds. The molecule has 0 heterocycles. The lowest BCUT2D eigenvalue weighted by molar-refractivity contribution is 0.0987. The number of carbonyl (C=O) groups excluding carboxylic acids is 2. The van der Waals surface area contributed by atoms with Crippen LogP contribution in [0, 0.1) is 10.5 Å². The number of hydrogen-bond donors (Lipinski definition) is 1. The zero-order valence-corrected chi connectivity index (χ0v) is 20.1. The normalized spacial score (nSPS) is 10.7. The van der Waals surface area contributed by atoms with E-state index in [1.165, 1.54) is 0 Å². The topological polar surface area (TPSA) is 49.4 Å². The maximum atomic E-state index is 13.3. The number of aryl methyl sites for hydroxylation is 1. The Bertz CT molecular complexity index is 1290. The van der Waals surface area contributed by atoms with Gasteiger partial charge in [0, 0.05) is 32.3 Å². The van der Waals surface area contributed by atoms with E-state index in [0.717, 1.165) is 25.6 Å². The van der Waals surface area contributed by atoms with Crippen molar-refractivity contribution >= 4 is 56.6 Å². The van der Waals surface area contributed by atoms with Crippen molar-refractivity contribution in [1.29, 1.82) is 0 Å². The summed E-state index contributed by atoms with van der Waals surface area (Å²) < 4.78 is 1.05. The number of rotatable bonds is 5. The van der Waals surface area contributed by atoms with Gasteiger partial charge in [0.2, 0.25) is 0 Å². The number of benzene rings is 4. The van der Waals surface area contributed by atoms with E-state index in [1.54, 1.807) is 29.2 Å². The molecule has 0 bridgehead atoms. The van der Waals surface area contributed by atoms with Gasteiger partial charge in [-0.15, -0.1) is 0 Å². The number of halogens is 1. The summed E-state index contributed by atoms with van der Waals surface area (Å²) in [5, 5.41) is 5.04. The molecule has 0 aliphatic rings. The number of nitrogens with zero attached hydrogens (tertiary/aromatic N) is 1. The number of anilines is 2. The fourth-order valence-electron chi connectivity index (χ4n) is 3.66. The molecule has 4 aromatic carbocycles. The van der Waals surface area contributed by atoms with Crippen LogP contribution in [0.2, 0.25) is 0 Å². The Balaban J connectivity index is 1.54. The van der Waals surface area contributed by atoms with E-state index >= 15 is 0 Å². The van der Waals surface area contributed by atoms with Crippen molar-refractivity contribution in [2.24, 2.45) is 0 Å². The lowest BCUT2D eigenvalue weighted by Crippen LogP contribution is -2.30. The van der Waals surface area contributed by atoms with Crippen LogP contribution in [0.5, 0.6) is 0 Å². The Morgan fingerprint density at radius 2 is 1.56 bits per heavy atom. The van der Waals surface area contributed by atoms with Gasteiger partial charge in [0.05, 0.1) is 5.69 Å². The van der Waals surface area contributed by atoms with Crippen molar-refractivity contribution in [2.75, 3.05) is 16.8 Å². The highest BCUT2D eigenvalue weighted by Gasteiger charge is 2.18. The molecule has 0 aromatic heterocycles. The van der Waals surface area contributed by atoms with Crippen LogP contribution in [0.3, 0.4) is 0 Å². The third kappa shape index (κ3) is 4.53. The number of fused-ring (bicyclic) bond motifs is 1. The SMILES string of the molecule is CCN(C(=O)c1ccc(NC(=O)c2ccc(C)c(I)c2)cc1)c1cccc2ccccc12. The summed E-state index contributed by atoms with van der Waals surface area (Å²) in [6.45, 7) is 4.53. The van der Waals surface area contributed by atoms with Gasteiger partial charge in [-0.3, -0.25) is 9.59 Å². The minimum Gasteiger partial charge on any atom is -0.322 e. The van der Waals surface area contributed by atoms with Crippen LogP contribution >= 0.6 is 22.6 Å². The van der Waals surface area contributed by atoms with Gasteiger partial charge in [0.25, 0.3) is 11.8 Å². The van der Waals surface area contributed by atoms with Crippen molar-refractivity contribution in [1.82, 2.24) is 0 Å². The van der Waals surface area contributed by atoms with Gasteiger partial charge >= 0.3 is 0 Å². The third-order valence-electron chi connectivity index (χ3n) is 5.44. The Hall–Kier alpha value is -3.19. The fraction of sp³-hybridized carbons (Fsp3) is 0.111. The van der Waals surface area contributed by atoms with Gasteiger partial charge in [-0.05, 0) is 89.9 Å². The minimum atomic E-state index is -0.173. The summed E-state index contributed by atoms with van der Waals surface area (Å²) in [7, 11) is 0. The van der Waals surface area contributed by atoms with E-state index < -0.39 is 0 Å². The quantitative estimate of drug-likeness (QED) is 0.291. The standard InChI is InChI=1S/C27H23IN2O2/c1-3-30(25-10-6-8-19-7-4-5-9-23(19)25)27(32)20-13-15-22(16-14-20)29-26(31)21-12-11-18(2)24(28)17-21/h4-17H,3H2,1-2H3,(H,29,31). The summed E-state index contributed by atoms with van der Waals surface area (Å²) >= 11 is 2.22. The first-order valence-corrected chi connectivity index (χ1v) is 11.5. The Morgan fingerprint density at radius 3 is 2.28 bits per heavy atom. The summed E-state index contributed by atoms with van der Waals surface area (Å²) in [5.41, 5.74) is 3.85. The van der Waals surface area contributed by atoms with Crippen LogP contribution in [0.1, 0.15) is 33.2 Å². The van der Waals surface area contributed by atoms with Crippen LogP contribution in [-0.4, -0.2) is 18.4 Å². The van der Waals surface area contributed by atoms with E-state index in [0.29, 0.717) is 23.4 Å². The summed E-state index contributed by atoms with van der Waals surface area (Å²) in [4.78, 5) is 27.6. The molecule has 0 unspecified atom stereocenters. The van der Waals surface area contributed by atoms with Crippen LogP contribution in [-0.2, 0) is 0 Å². The maximum absolute atomic E-state index is 13.3. The van der Waals surface area contributed by atoms with Gasteiger partial charge in [0.15, 0.2) is 0 Å². The van der Waals surface area contributed by atoms with Crippen molar-refractivity contribution in [2.45, 2.75) is 13.8 Å². The lowest BCUT2D eigenvalue weighted by atomic mass is 10.1. The first kappa shape index (κ1) is 22.0. The summed E-state index contributed by atoms with van der Waals surface area (Å²) in [6, 6.07) is 26.7. The molecule has 4 aromatic rings. The number of nitrogens with one attached hydrogen (secondary N) is 1. The molecule has 0 aliphatic carbocycles. The maximum Gasteiger partial charge on any atom is 0.258 e. The molecule has 0 aliphatic heterocycles. The summed E-state index contributed by atoms with van der Waals surface area (Å²) in [6.07, 6.45) is 0. The highest BCUT2D eigenvalue weighted by atomic mass is 127. The predicted molar refractivity (Wildman–Crippen MR) is 140 cm³/mol. The molecule has 32 heavy (non-hydrogen) atoms. The third-order valence-corrected chi connectivity index (χ3v) is 6.60. The smallest absolute Gasteiger partial charge is 0.258 e. The van der Waals surface area contributed by atoms with Crippen molar-refractivity contribution in [3.8, 4) is 0 Å². The molecule has 4 nitrogen and oxygen atoms in total. The highest BCUT2D eigenvalue weighted by Crippen LogP contribution is 2.28. The zero-order chi connectivity index (χ0) is 22.7. The van der Waals surface area contributed by atoms with Crippen molar-refractivity contribution in [3.63, 3.8) is 0 Å². The average molecular weight is 534 g/mol. The second-order valence-electron chi connectivity index (χ2n) is 7.54. The van der Waals surface area contributed by atoms with Gasteiger partial charge in [0.1, 0.15) is 0 Å². The van der Waals surface area contributed by atoms with Gasteiger partial charge in [-0.1, -0.05) is 42.5 Å². The average Bonchev–Trinajstić information content (AvgIpc) is 2.82. The fourth-order valence-corrected chi connectivity index (χ4v) is 4.17. The van der Waals surface area contributed by atoms with Crippen LogP contribution < -0.4 is 10.2 Å². The molecular weight excluding hydrogens is 511 g/mol. The molecule has 1 N–H and O–H groups in total. The molecular formula is C27H23IN2O2. The van der Waals surface area contributed by atoms with Crippen LogP contribution in [0.25, 0.3) is 10.8 Å². The number of hydrogen-bond acceptors (Lipinski definition) is 2. The van der Waals surface area contributed by atoms with Crippen molar-refractivity contribution in [3.05, 3.63) is 105 Å². The second kappa shape index (κ2) is 9.53. The summed E-state index contributed by atoms with van der Waals surface area (Å²) in [5.74, 6) is -0.247. The highest BCUT2D eigenvalue weighted by molar-refractivity contribution is 14.1. The number of amides is 2. The monoisotopic (exact) mass is 534 g/mol. The molecule has 0 radical (unpaired) electrons. The number of carbonyl (C=O) groups is 2. The first-order valence-electron chi connectivity index (χ1n) is 10.4. The second-order valence-corrected chi connectivity index (χ2v) is 8.71. The van der Waals surface area contributed by atoms with E-state index in [4.69, 9.17) is 0 Å². The predicted octanol–water partition coefficient (Wildman–Crippen LogP) is 6.67. The van der Waals surface area contributed by atoms with Gasteiger partial charge in [-0.25, -0.2) is 0 Å². The van der Waals surface area contributed by atoms with E-state index in [-0.39, 0.29) is 11.8 Å². The molecule has 0 spiro atoms. The Labute approximate surface area is 201 Å². The first-order chi connectivity index (χ1) is 15.5. The Kier molecular flexibility index (Phi) is 6.55. The van der Waals surface area contributed by atoms with E-state index in [9.17, 15) is 9.59 Å². The molecule has 0 saturated carbocycles. The molecule has 0 fully saturated rings.